The summed E-state index contributed by atoms with van der Waals surface area (Å²) in [5.41, 5.74) is 5.39. The maximum atomic E-state index is 6.76. The van der Waals surface area contributed by atoms with Crippen LogP contribution >= 0.6 is 11.6 Å². The Balaban J connectivity index is 1.35. The number of furan rings is 2. The van der Waals surface area contributed by atoms with Crippen LogP contribution in [-0.4, -0.2) is 11.0 Å². The SMILES string of the molecule is CCC1C(Cl)=NC(c2ccc3c(c2)oc2ccccc23)=NC1c1ccc2c(c1)oc1ccccc12. The third-order valence-electron chi connectivity index (χ3n) is 6.98. The Morgan fingerprint density at radius 3 is 2.00 bits per heavy atom. The molecule has 35 heavy (non-hydrogen) atoms. The summed E-state index contributed by atoms with van der Waals surface area (Å²) in [4.78, 5) is 9.81. The topological polar surface area (TPSA) is 51.0 Å². The number of aliphatic imine (C=N–C) groups is 2. The average Bonchev–Trinajstić information content (AvgIpc) is 3.45. The Morgan fingerprint density at radius 1 is 0.714 bits per heavy atom. The number of para-hydroxylation sites is 2. The van der Waals surface area contributed by atoms with Gasteiger partial charge in [-0.3, -0.25) is 4.99 Å². The molecule has 5 heteroatoms. The van der Waals surface area contributed by atoms with Crippen molar-refractivity contribution in [2.75, 3.05) is 0 Å². The third kappa shape index (κ3) is 3.21. The van der Waals surface area contributed by atoms with E-state index in [0.29, 0.717) is 11.0 Å². The standard InChI is InChI=1S/C30H21ClN2O2/c1-2-19-28(17-11-13-22-20-7-3-5-9-24(20)34-26(22)15-17)32-30(33-29(19)31)18-12-14-23-21-8-4-6-10-25(21)35-27(23)16-18/h3-16,19,28H,2H2,1H3. The van der Waals surface area contributed by atoms with Crippen LogP contribution in [0.25, 0.3) is 43.9 Å². The molecule has 0 spiro atoms. The molecule has 7 rings (SSSR count). The molecule has 0 aliphatic carbocycles. The largest absolute Gasteiger partial charge is 0.456 e. The molecule has 4 aromatic carbocycles. The van der Waals surface area contributed by atoms with Crippen LogP contribution in [0.3, 0.4) is 0 Å². The van der Waals surface area contributed by atoms with Crippen molar-refractivity contribution < 1.29 is 8.83 Å². The highest BCUT2D eigenvalue weighted by atomic mass is 35.5. The van der Waals surface area contributed by atoms with Crippen molar-refractivity contribution >= 4 is 66.5 Å². The number of halogens is 1. The molecule has 0 fully saturated rings. The van der Waals surface area contributed by atoms with Crippen LogP contribution in [0.5, 0.6) is 0 Å². The molecule has 2 aromatic heterocycles. The molecule has 2 unspecified atom stereocenters. The molecular weight excluding hydrogens is 456 g/mol. The number of amidine groups is 1. The third-order valence-corrected chi connectivity index (χ3v) is 7.35. The summed E-state index contributed by atoms with van der Waals surface area (Å²) < 4.78 is 12.2. The first-order chi connectivity index (χ1) is 17.2. The highest BCUT2D eigenvalue weighted by molar-refractivity contribution is 6.67. The maximum Gasteiger partial charge on any atom is 0.156 e. The quantitative estimate of drug-likeness (QED) is 0.256. The van der Waals surface area contributed by atoms with Crippen molar-refractivity contribution in [3.05, 3.63) is 96.1 Å². The second-order valence-electron chi connectivity index (χ2n) is 9.01. The van der Waals surface area contributed by atoms with Crippen LogP contribution in [0.4, 0.5) is 0 Å². The average molecular weight is 477 g/mol. The lowest BCUT2D eigenvalue weighted by atomic mass is 9.90. The van der Waals surface area contributed by atoms with Crippen molar-refractivity contribution in [3.8, 4) is 0 Å². The maximum absolute atomic E-state index is 6.76. The molecular formula is C30H21ClN2O2. The molecule has 3 heterocycles. The van der Waals surface area contributed by atoms with Gasteiger partial charge in [-0.25, -0.2) is 4.99 Å². The van der Waals surface area contributed by atoms with E-state index < -0.39 is 0 Å². The Hall–Kier alpha value is -3.89. The fourth-order valence-electron chi connectivity index (χ4n) is 5.19. The first-order valence-electron chi connectivity index (χ1n) is 11.8. The van der Waals surface area contributed by atoms with Crippen LogP contribution in [0.1, 0.15) is 30.5 Å². The Labute approximate surface area is 206 Å². The Kier molecular flexibility index (Phi) is 4.58. The summed E-state index contributed by atoms with van der Waals surface area (Å²) in [5, 5.41) is 4.98. The van der Waals surface area contributed by atoms with E-state index in [1.54, 1.807) is 0 Å². The second-order valence-corrected chi connectivity index (χ2v) is 9.40. The van der Waals surface area contributed by atoms with Gasteiger partial charge in [-0.15, -0.1) is 0 Å². The lowest BCUT2D eigenvalue weighted by Gasteiger charge is -2.26. The molecule has 2 atom stereocenters. The predicted octanol–water partition coefficient (Wildman–Crippen LogP) is 8.65. The highest BCUT2D eigenvalue weighted by Crippen LogP contribution is 2.38. The molecule has 0 saturated heterocycles. The monoisotopic (exact) mass is 476 g/mol. The van der Waals surface area contributed by atoms with E-state index in [0.717, 1.165) is 61.4 Å². The highest BCUT2D eigenvalue weighted by Gasteiger charge is 2.30. The van der Waals surface area contributed by atoms with E-state index in [4.69, 9.17) is 30.4 Å². The van der Waals surface area contributed by atoms with E-state index in [9.17, 15) is 0 Å². The number of hydrogen-bond donors (Lipinski definition) is 0. The van der Waals surface area contributed by atoms with Crippen LogP contribution in [-0.2, 0) is 0 Å². The van der Waals surface area contributed by atoms with Crippen LogP contribution < -0.4 is 0 Å². The summed E-state index contributed by atoms with van der Waals surface area (Å²) >= 11 is 6.76. The van der Waals surface area contributed by atoms with Gasteiger partial charge in [-0.2, -0.15) is 0 Å². The summed E-state index contributed by atoms with van der Waals surface area (Å²) in [6.45, 7) is 2.12. The first-order valence-corrected chi connectivity index (χ1v) is 12.2. The Morgan fingerprint density at radius 2 is 1.31 bits per heavy atom. The van der Waals surface area contributed by atoms with Crippen LogP contribution in [0, 0.1) is 5.92 Å². The van der Waals surface area contributed by atoms with Gasteiger partial charge in [0.1, 0.15) is 27.5 Å². The van der Waals surface area contributed by atoms with Crippen molar-refractivity contribution in [1.82, 2.24) is 0 Å². The van der Waals surface area contributed by atoms with Crippen molar-refractivity contribution in [1.29, 1.82) is 0 Å². The number of hydrogen-bond acceptors (Lipinski definition) is 4. The van der Waals surface area contributed by atoms with E-state index in [1.807, 2.05) is 48.5 Å². The normalized spacial score (nSPS) is 18.5. The number of rotatable bonds is 3. The minimum Gasteiger partial charge on any atom is -0.456 e. The number of fused-ring (bicyclic) bond motifs is 6. The number of nitrogens with zero attached hydrogens (tertiary/aromatic N) is 2. The van der Waals surface area contributed by atoms with Crippen LogP contribution in [0.2, 0.25) is 0 Å². The van der Waals surface area contributed by atoms with Gasteiger partial charge in [0.25, 0.3) is 0 Å². The molecule has 6 aromatic rings. The molecule has 0 saturated carbocycles. The van der Waals surface area contributed by atoms with Crippen LogP contribution in [0.15, 0.2) is 104 Å². The molecule has 1 aliphatic rings. The van der Waals surface area contributed by atoms with Gasteiger partial charge in [0, 0.05) is 33.0 Å². The number of benzene rings is 4. The van der Waals surface area contributed by atoms with Gasteiger partial charge < -0.3 is 8.83 Å². The van der Waals surface area contributed by atoms with Gasteiger partial charge in [0.15, 0.2) is 5.84 Å². The van der Waals surface area contributed by atoms with Gasteiger partial charge in [-0.05, 0) is 42.3 Å². The van der Waals surface area contributed by atoms with Gasteiger partial charge in [-0.1, -0.05) is 73.1 Å². The molecule has 0 N–H and O–H groups in total. The summed E-state index contributed by atoms with van der Waals surface area (Å²) in [6, 6.07) is 28.5. The van der Waals surface area contributed by atoms with Crippen molar-refractivity contribution in [3.63, 3.8) is 0 Å². The smallest absolute Gasteiger partial charge is 0.156 e. The Bertz CT molecular complexity index is 1820. The molecule has 170 valence electrons. The fourth-order valence-corrected chi connectivity index (χ4v) is 5.55. The summed E-state index contributed by atoms with van der Waals surface area (Å²) in [6.07, 6.45) is 0.838. The molecule has 0 bridgehead atoms. The summed E-state index contributed by atoms with van der Waals surface area (Å²) in [5.74, 6) is 0.633. The zero-order valence-electron chi connectivity index (χ0n) is 19.0. The van der Waals surface area contributed by atoms with Gasteiger partial charge in [0.05, 0.1) is 6.04 Å². The van der Waals surface area contributed by atoms with Gasteiger partial charge in [0.2, 0.25) is 0 Å². The minimum atomic E-state index is -0.149. The zero-order valence-corrected chi connectivity index (χ0v) is 19.8. The van der Waals surface area contributed by atoms with E-state index in [2.05, 4.69) is 43.3 Å². The molecule has 4 nitrogen and oxygen atoms in total. The van der Waals surface area contributed by atoms with E-state index in [1.165, 1.54) is 0 Å². The van der Waals surface area contributed by atoms with Crippen molar-refractivity contribution in [2.45, 2.75) is 19.4 Å². The molecule has 1 aliphatic heterocycles. The fraction of sp³-hybridized carbons (Fsp3) is 0.133. The lowest BCUT2D eigenvalue weighted by molar-refractivity contribution is 0.537. The zero-order chi connectivity index (χ0) is 23.5. The van der Waals surface area contributed by atoms with E-state index >= 15 is 0 Å². The van der Waals surface area contributed by atoms with Crippen molar-refractivity contribution in [2.24, 2.45) is 15.9 Å². The van der Waals surface area contributed by atoms with E-state index in [-0.39, 0.29) is 12.0 Å². The second kappa shape index (κ2) is 7.82. The minimum absolute atomic E-state index is 0.0113. The summed E-state index contributed by atoms with van der Waals surface area (Å²) in [7, 11) is 0. The lowest BCUT2D eigenvalue weighted by Crippen LogP contribution is -2.24. The van der Waals surface area contributed by atoms with Gasteiger partial charge >= 0.3 is 0 Å². The first kappa shape index (κ1) is 20.5. The molecule has 0 amide bonds. The predicted molar refractivity (Wildman–Crippen MR) is 144 cm³/mol. The molecule has 0 radical (unpaired) electrons.